The number of hydrogen-bond donors (Lipinski definition) is 0. The summed E-state index contributed by atoms with van der Waals surface area (Å²) < 4.78 is 12.2. The Morgan fingerprint density at radius 2 is 1.81 bits per heavy atom. The van der Waals surface area contributed by atoms with Gasteiger partial charge in [0.25, 0.3) is 0 Å². The van der Waals surface area contributed by atoms with E-state index < -0.39 is 5.60 Å². The molecule has 1 amide bonds. The smallest absolute Gasteiger partial charge is 0.410 e. The minimum atomic E-state index is -0.492. The molecule has 4 heterocycles. The number of rotatable bonds is 2. The van der Waals surface area contributed by atoms with Crippen LogP contribution in [0.25, 0.3) is 10.9 Å². The second-order valence-corrected chi connectivity index (χ2v) is 12.7. The maximum Gasteiger partial charge on any atom is 0.410 e. The zero-order chi connectivity index (χ0) is 29.6. The Bertz CT molecular complexity index is 1540. The Kier molecular flexibility index (Phi) is 7.36. The van der Waals surface area contributed by atoms with Crippen molar-refractivity contribution in [2.45, 2.75) is 58.8 Å². The van der Waals surface area contributed by atoms with E-state index in [4.69, 9.17) is 9.47 Å². The fourth-order valence-electron chi connectivity index (χ4n) is 6.61. The molecule has 0 radical (unpaired) electrons. The van der Waals surface area contributed by atoms with Crippen LogP contribution in [-0.4, -0.2) is 84.4 Å². The van der Waals surface area contributed by atoms with Crippen LogP contribution in [0.2, 0.25) is 0 Å². The summed E-state index contributed by atoms with van der Waals surface area (Å²) in [6.45, 7) is 16.1. The summed E-state index contributed by atoms with van der Waals surface area (Å²) in [4.78, 5) is 26.2. The highest BCUT2D eigenvalue weighted by molar-refractivity contribution is 5.95. The van der Waals surface area contributed by atoms with Crippen molar-refractivity contribution < 1.29 is 14.3 Å². The second kappa shape index (κ2) is 11.0. The third kappa shape index (κ3) is 5.32. The van der Waals surface area contributed by atoms with Crippen molar-refractivity contribution in [3.63, 3.8) is 0 Å². The average Bonchev–Trinajstić information content (AvgIpc) is 3.16. The maximum atomic E-state index is 12.6. The fourth-order valence-corrected chi connectivity index (χ4v) is 6.61. The second-order valence-electron chi connectivity index (χ2n) is 12.7. The molecular weight excluding hydrogens is 528 g/mol. The van der Waals surface area contributed by atoms with Crippen molar-refractivity contribution >= 4 is 28.4 Å². The van der Waals surface area contributed by atoms with Crippen LogP contribution < -0.4 is 14.5 Å². The summed E-state index contributed by atoms with van der Waals surface area (Å²) in [5.74, 6) is 0.989. The van der Waals surface area contributed by atoms with Gasteiger partial charge in [-0.25, -0.2) is 4.79 Å². The number of nitrogens with zero attached hydrogens (tertiary/aromatic N) is 6. The number of piperazine rings is 2. The molecule has 0 aliphatic carbocycles. The number of carbonyl (C=O) groups is 1. The van der Waals surface area contributed by atoms with Crippen LogP contribution in [0.3, 0.4) is 0 Å². The number of amides is 1. The molecule has 0 saturated carbocycles. The van der Waals surface area contributed by atoms with E-state index in [-0.39, 0.29) is 12.1 Å². The van der Waals surface area contributed by atoms with Crippen LogP contribution in [-0.2, 0) is 11.3 Å². The Morgan fingerprint density at radius 1 is 1.05 bits per heavy atom. The summed E-state index contributed by atoms with van der Waals surface area (Å²) in [6, 6.07) is 15.2. The van der Waals surface area contributed by atoms with Crippen molar-refractivity contribution in [1.29, 1.82) is 5.26 Å². The molecule has 9 nitrogen and oxygen atoms in total. The number of hydrogen-bond acceptors (Lipinski definition) is 8. The van der Waals surface area contributed by atoms with Gasteiger partial charge in [-0.15, -0.1) is 0 Å². The third-order valence-corrected chi connectivity index (χ3v) is 8.66. The molecule has 0 bridgehead atoms. The quantitative estimate of drug-likeness (QED) is 0.430. The van der Waals surface area contributed by atoms with Gasteiger partial charge in [-0.1, -0.05) is 6.07 Å². The molecule has 2 aromatic carbocycles. The molecule has 2 saturated heterocycles. The number of nitriles is 1. The summed E-state index contributed by atoms with van der Waals surface area (Å²) in [5, 5.41) is 10.6. The Hall–Kier alpha value is -4.03. The zero-order valence-electron chi connectivity index (χ0n) is 25.3. The van der Waals surface area contributed by atoms with Gasteiger partial charge in [-0.3, -0.25) is 9.88 Å². The first kappa shape index (κ1) is 28.1. The van der Waals surface area contributed by atoms with Crippen molar-refractivity contribution in [3.05, 3.63) is 59.3 Å². The predicted molar refractivity (Wildman–Crippen MR) is 164 cm³/mol. The normalized spacial score (nSPS) is 21.2. The highest BCUT2D eigenvalue weighted by Gasteiger charge is 2.36. The summed E-state index contributed by atoms with van der Waals surface area (Å²) in [5.41, 5.74) is 5.54. The van der Waals surface area contributed by atoms with Gasteiger partial charge in [-0.2, -0.15) is 5.26 Å². The first-order valence-electron chi connectivity index (χ1n) is 14.9. The van der Waals surface area contributed by atoms with E-state index in [1.807, 2.05) is 32.9 Å². The van der Waals surface area contributed by atoms with Crippen molar-refractivity contribution in [2.75, 3.05) is 55.7 Å². The molecule has 9 heteroatoms. The van der Waals surface area contributed by atoms with E-state index in [2.05, 4.69) is 63.9 Å². The van der Waals surface area contributed by atoms with Crippen LogP contribution in [0.4, 0.5) is 16.2 Å². The Labute approximate surface area is 248 Å². The molecular formula is C33H40N6O3. The lowest BCUT2D eigenvalue weighted by molar-refractivity contribution is 0.0240. The van der Waals surface area contributed by atoms with E-state index in [0.717, 1.165) is 60.6 Å². The Balaban J connectivity index is 1.18. The minimum Gasteiger partial charge on any atom is -0.491 e. The van der Waals surface area contributed by atoms with Crippen molar-refractivity contribution in [2.24, 2.45) is 0 Å². The lowest BCUT2D eigenvalue weighted by Crippen LogP contribution is -2.58. The van der Waals surface area contributed by atoms with Crippen molar-refractivity contribution in [1.82, 2.24) is 14.8 Å². The monoisotopic (exact) mass is 568 g/mol. The number of benzene rings is 2. The van der Waals surface area contributed by atoms with Gasteiger partial charge in [-0.05, 0) is 65.0 Å². The van der Waals surface area contributed by atoms with Crippen LogP contribution in [0.1, 0.15) is 44.4 Å². The number of pyridine rings is 1. The topological polar surface area (TPSA) is 85.2 Å². The van der Waals surface area contributed by atoms with Gasteiger partial charge in [0.15, 0.2) is 0 Å². The lowest BCUT2D eigenvalue weighted by Gasteiger charge is -2.45. The SMILES string of the molecule is Cc1c(N2CCN(C(=O)OC(C)(C)C)CC2)ccc2c1OC[C@H]1CN(c3ccc(C#N)c4ncccc34)C[C@@H](C)N1C2. The van der Waals surface area contributed by atoms with E-state index in [9.17, 15) is 10.1 Å². The highest BCUT2D eigenvalue weighted by Crippen LogP contribution is 2.38. The number of ether oxygens (including phenoxy) is 2. The molecule has 6 rings (SSSR count). The van der Waals surface area contributed by atoms with Crippen molar-refractivity contribution in [3.8, 4) is 11.8 Å². The third-order valence-electron chi connectivity index (χ3n) is 8.66. The molecule has 0 spiro atoms. The van der Waals surface area contributed by atoms with Gasteiger partial charge in [0.2, 0.25) is 0 Å². The minimum absolute atomic E-state index is 0.226. The molecule has 2 fully saturated rings. The largest absolute Gasteiger partial charge is 0.491 e. The van der Waals surface area contributed by atoms with Gasteiger partial charge < -0.3 is 24.2 Å². The predicted octanol–water partition coefficient (Wildman–Crippen LogP) is 4.94. The molecule has 3 aliphatic heterocycles. The molecule has 3 aromatic rings. The van der Waals surface area contributed by atoms with Gasteiger partial charge >= 0.3 is 6.09 Å². The van der Waals surface area contributed by atoms with E-state index >= 15 is 0 Å². The molecule has 42 heavy (non-hydrogen) atoms. The standard InChI is InChI=1S/C33H40N6O3/c1-22-18-38(29-11-8-24(17-34)30-27(29)7-6-12-35-30)20-26-21-41-31-23(2)28(10-9-25(31)19-39(22)26)36-13-15-37(16-14-36)32(40)42-33(3,4)5/h6-12,22,26H,13-16,18-21H2,1-5H3/t22-,26-/m1/s1. The molecule has 2 atom stereocenters. The number of carbonyl (C=O) groups excluding carboxylic acids is 1. The van der Waals surface area contributed by atoms with Gasteiger partial charge in [0.1, 0.15) is 24.0 Å². The maximum absolute atomic E-state index is 12.6. The first-order chi connectivity index (χ1) is 20.1. The average molecular weight is 569 g/mol. The van der Waals surface area contributed by atoms with Crippen LogP contribution >= 0.6 is 0 Å². The highest BCUT2D eigenvalue weighted by atomic mass is 16.6. The first-order valence-corrected chi connectivity index (χ1v) is 14.9. The summed E-state index contributed by atoms with van der Waals surface area (Å²) in [6.07, 6.45) is 1.51. The summed E-state index contributed by atoms with van der Waals surface area (Å²) in [7, 11) is 0. The number of fused-ring (bicyclic) bond motifs is 3. The van der Waals surface area contributed by atoms with Gasteiger partial charge in [0, 0.05) is 85.9 Å². The van der Waals surface area contributed by atoms with E-state index in [1.165, 1.54) is 11.3 Å². The van der Waals surface area contributed by atoms with Gasteiger partial charge in [0.05, 0.1) is 17.1 Å². The fraction of sp³-hybridized carbons (Fsp3) is 0.485. The van der Waals surface area contributed by atoms with E-state index in [0.29, 0.717) is 31.3 Å². The zero-order valence-corrected chi connectivity index (χ0v) is 25.3. The number of anilines is 2. The molecule has 1 aromatic heterocycles. The lowest BCUT2D eigenvalue weighted by atomic mass is 10.0. The molecule has 0 N–H and O–H groups in total. The summed E-state index contributed by atoms with van der Waals surface area (Å²) >= 11 is 0. The van der Waals surface area contributed by atoms with E-state index in [1.54, 1.807) is 11.1 Å². The molecule has 0 unspecified atom stereocenters. The Morgan fingerprint density at radius 3 is 2.55 bits per heavy atom. The number of aromatic nitrogens is 1. The van der Waals surface area contributed by atoms with Crippen LogP contribution in [0.5, 0.6) is 5.75 Å². The molecule has 3 aliphatic rings. The molecule has 220 valence electrons. The van der Waals surface area contributed by atoms with Crippen LogP contribution in [0, 0.1) is 18.3 Å². The van der Waals surface area contributed by atoms with Crippen LogP contribution in [0.15, 0.2) is 42.6 Å².